The lowest BCUT2D eigenvalue weighted by Crippen LogP contribution is -2.45. The van der Waals surface area contributed by atoms with Gasteiger partial charge in [-0.3, -0.25) is 14.8 Å². The van der Waals surface area contributed by atoms with Crippen molar-refractivity contribution in [1.82, 2.24) is 20.4 Å². The van der Waals surface area contributed by atoms with E-state index in [-0.39, 0.29) is 0 Å². The van der Waals surface area contributed by atoms with Crippen LogP contribution in [-0.4, -0.2) is 80.8 Å². The fraction of sp³-hybridized carbons (Fsp3) is 0.682. The first kappa shape index (κ1) is 22.7. The van der Waals surface area contributed by atoms with Crippen molar-refractivity contribution in [2.45, 2.75) is 45.8 Å². The summed E-state index contributed by atoms with van der Waals surface area (Å²) in [7, 11) is 2.20. The summed E-state index contributed by atoms with van der Waals surface area (Å²) in [6.07, 6.45) is 1.08. The Labute approximate surface area is 171 Å². The van der Waals surface area contributed by atoms with Crippen LogP contribution in [0.1, 0.15) is 32.8 Å². The van der Waals surface area contributed by atoms with E-state index in [9.17, 15) is 0 Å². The van der Waals surface area contributed by atoms with E-state index in [0.717, 1.165) is 64.9 Å². The molecular weight excluding hydrogens is 350 g/mol. The lowest BCUT2D eigenvalue weighted by atomic mass is 10.1. The van der Waals surface area contributed by atoms with Gasteiger partial charge in [-0.25, -0.2) is 0 Å². The zero-order chi connectivity index (χ0) is 20.2. The predicted octanol–water partition coefficient (Wildman–Crippen LogP) is 2.17. The minimum atomic E-state index is 0.440. The molecule has 1 aromatic rings. The summed E-state index contributed by atoms with van der Waals surface area (Å²) in [5, 5.41) is 6.86. The Morgan fingerprint density at radius 3 is 2.57 bits per heavy atom. The molecule has 0 amide bonds. The van der Waals surface area contributed by atoms with Crippen molar-refractivity contribution in [3.05, 3.63) is 35.9 Å². The molecule has 158 valence electrons. The van der Waals surface area contributed by atoms with Gasteiger partial charge < -0.3 is 15.4 Å². The van der Waals surface area contributed by atoms with Crippen LogP contribution in [-0.2, 0) is 11.3 Å². The molecule has 2 atom stereocenters. The molecule has 28 heavy (non-hydrogen) atoms. The van der Waals surface area contributed by atoms with Crippen LogP contribution in [0.4, 0.5) is 0 Å². The standard InChI is InChI=1S/C22H39N5O/c1-5-23-22(25-17-20(3)27-13-15-28-16-14-27)24-12-11-19(2)26(4)18-21-9-7-6-8-10-21/h6-10,19-20H,5,11-18H2,1-4H3,(H2,23,24,25). The molecule has 0 spiro atoms. The van der Waals surface area contributed by atoms with E-state index in [0.29, 0.717) is 12.1 Å². The van der Waals surface area contributed by atoms with Gasteiger partial charge in [-0.1, -0.05) is 30.3 Å². The zero-order valence-corrected chi connectivity index (χ0v) is 18.2. The lowest BCUT2D eigenvalue weighted by molar-refractivity contribution is 0.0220. The fourth-order valence-corrected chi connectivity index (χ4v) is 3.35. The number of nitrogens with one attached hydrogen (secondary N) is 2. The molecule has 2 unspecified atom stereocenters. The second-order valence-corrected chi connectivity index (χ2v) is 7.68. The smallest absolute Gasteiger partial charge is 0.191 e. The summed E-state index contributed by atoms with van der Waals surface area (Å²) in [5.74, 6) is 0.917. The van der Waals surface area contributed by atoms with Gasteiger partial charge in [0.15, 0.2) is 5.96 Å². The minimum Gasteiger partial charge on any atom is -0.379 e. The topological polar surface area (TPSA) is 52.1 Å². The predicted molar refractivity (Wildman–Crippen MR) is 118 cm³/mol. The molecule has 1 fully saturated rings. The molecule has 2 N–H and O–H groups in total. The van der Waals surface area contributed by atoms with Gasteiger partial charge in [0.25, 0.3) is 0 Å². The van der Waals surface area contributed by atoms with E-state index < -0.39 is 0 Å². The second kappa shape index (κ2) is 12.8. The highest BCUT2D eigenvalue weighted by Crippen LogP contribution is 2.08. The fourth-order valence-electron chi connectivity index (χ4n) is 3.35. The number of nitrogens with zero attached hydrogens (tertiary/aromatic N) is 3. The SMILES string of the molecule is CCNC(=NCC(C)N1CCOCC1)NCCC(C)N(C)Cc1ccccc1. The van der Waals surface area contributed by atoms with E-state index in [2.05, 4.69) is 78.6 Å². The molecule has 6 nitrogen and oxygen atoms in total. The van der Waals surface area contributed by atoms with Crippen LogP contribution in [0.5, 0.6) is 0 Å². The quantitative estimate of drug-likeness (QED) is 0.474. The summed E-state index contributed by atoms with van der Waals surface area (Å²) < 4.78 is 5.44. The lowest BCUT2D eigenvalue weighted by Gasteiger charge is -2.31. The largest absolute Gasteiger partial charge is 0.379 e. The van der Waals surface area contributed by atoms with Crippen molar-refractivity contribution >= 4 is 5.96 Å². The van der Waals surface area contributed by atoms with Crippen molar-refractivity contribution in [2.75, 3.05) is 53.0 Å². The van der Waals surface area contributed by atoms with Crippen LogP contribution in [0.2, 0.25) is 0 Å². The van der Waals surface area contributed by atoms with Gasteiger partial charge in [-0.15, -0.1) is 0 Å². The van der Waals surface area contributed by atoms with E-state index >= 15 is 0 Å². The Morgan fingerprint density at radius 1 is 1.18 bits per heavy atom. The molecule has 1 saturated heterocycles. The maximum Gasteiger partial charge on any atom is 0.191 e. The second-order valence-electron chi connectivity index (χ2n) is 7.68. The summed E-state index contributed by atoms with van der Waals surface area (Å²) in [6.45, 7) is 13.9. The highest BCUT2D eigenvalue weighted by molar-refractivity contribution is 5.79. The summed E-state index contributed by atoms with van der Waals surface area (Å²) >= 11 is 0. The normalized spacial score (nSPS) is 18.1. The van der Waals surface area contributed by atoms with Crippen molar-refractivity contribution in [1.29, 1.82) is 0 Å². The van der Waals surface area contributed by atoms with Gasteiger partial charge in [0.2, 0.25) is 0 Å². The molecule has 6 heteroatoms. The first-order chi connectivity index (χ1) is 13.6. The molecular formula is C22H39N5O. The maximum atomic E-state index is 5.44. The Kier molecular flexibility index (Phi) is 10.3. The molecule has 1 aromatic carbocycles. The monoisotopic (exact) mass is 389 g/mol. The molecule has 0 bridgehead atoms. The van der Waals surface area contributed by atoms with E-state index in [1.807, 2.05) is 0 Å². The molecule has 1 aliphatic rings. The van der Waals surface area contributed by atoms with Crippen LogP contribution in [0.25, 0.3) is 0 Å². The molecule has 2 rings (SSSR count). The Morgan fingerprint density at radius 2 is 1.89 bits per heavy atom. The highest BCUT2D eigenvalue weighted by Gasteiger charge is 2.16. The van der Waals surface area contributed by atoms with Crippen LogP contribution in [0, 0.1) is 0 Å². The van der Waals surface area contributed by atoms with E-state index in [4.69, 9.17) is 9.73 Å². The van der Waals surface area contributed by atoms with Crippen LogP contribution < -0.4 is 10.6 Å². The van der Waals surface area contributed by atoms with E-state index in [1.54, 1.807) is 0 Å². The van der Waals surface area contributed by atoms with Crippen LogP contribution in [0.15, 0.2) is 35.3 Å². The van der Waals surface area contributed by atoms with Crippen molar-refractivity contribution in [3.63, 3.8) is 0 Å². The third kappa shape index (κ3) is 8.17. The third-order valence-corrected chi connectivity index (χ3v) is 5.41. The van der Waals surface area contributed by atoms with Gasteiger partial charge in [-0.2, -0.15) is 0 Å². The number of rotatable bonds is 10. The van der Waals surface area contributed by atoms with Gasteiger partial charge in [-0.05, 0) is 39.8 Å². The van der Waals surface area contributed by atoms with Gasteiger partial charge in [0, 0.05) is 44.8 Å². The third-order valence-electron chi connectivity index (χ3n) is 5.41. The van der Waals surface area contributed by atoms with Crippen molar-refractivity contribution in [2.24, 2.45) is 4.99 Å². The Hall–Kier alpha value is -1.63. The molecule has 1 aliphatic heterocycles. The molecule has 1 heterocycles. The first-order valence-electron chi connectivity index (χ1n) is 10.7. The number of hydrogen-bond acceptors (Lipinski definition) is 4. The Balaban J connectivity index is 1.73. The summed E-state index contributed by atoms with van der Waals surface area (Å²) in [5.41, 5.74) is 1.36. The van der Waals surface area contributed by atoms with Crippen molar-refractivity contribution in [3.8, 4) is 0 Å². The highest BCUT2D eigenvalue weighted by atomic mass is 16.5. The number of guanidine groups is 1. The number of ether oxygens (including phenoxy) is 1. The number of morpholine rings is 1. The summed E-state index contributed by atoms with van der Waals surface area (Å²) in [4.78, 5) is 9.66. The number of aliphatic imine (C=N–C) groups is 1. The van der Waals surface area contributed by atoms with Crippen LogP contribution >= 0.6 is 0 Å². The average Bonchev–Trinajstić information content (AvgIpc) is 2.73. The number of benzene rings is 1. The molecule has 0 radical (unpaired) electrons. The molecule has 0 aromatic heterocycles. The Bertz CT molecular complexity index is 559. The van der Waals surface area contributed by atoms with Gasteiger partial charge >= 0.3 is 0 Å². The maximum absolute atomic E-state index is 5.44. The number of hydrogen-bond donors (Lipinski definition) is 2. The van der Waals surface area contributed by atoms with E-state index in [1.165, 1.54) is 5.56 Å². The van der Waals surface area contributed by atoms with Gasteiger partial charge in [0.1, 0.15) is 0 Å². The molecule has 0 saturated carbocycles. The summed E-state index contributed by atoms with van der Waals surface area (Å²) in [6, 6.07) is 11.6. The molecule has 0 aliphatic carbocycles. The zero-order valence-electron chi connectivity index (χ0n) is 18.2. The van der Waals surface area contributed by atoms with Crippen LogP contribution in [0.3, 0.4) is 0 Å². The minimum absolute atomic E-state index is 0.440. The van der Waals surface area contributed by atoms with Crippen molar-refractivity contribution < 1.29 is 4.74 Å². The van der Waals surface area contributed by atoms with Gasteiger partial charge in [0.05, 0.1) is 19.8 Å². The first-order valence-corrected chi connectivity index (χ1v) is 10.7. The average molecular weight is 390 g/mol.